The van der Waals surface area contributed by atoms with Crippen molar-refractivity contribution in [2.45, 2.75) is 26.3 Å². The van der Waals surface area contributed by atoms with E-state index in [1.165, 1.54) is 0 Å². The van der Waals surface area contributed by atoms with Gasteiger partial charge in [-0.2, -0.15) is 0 Å². The van der Waals surface area contributed by atoms with Crippen molar-refractivity contribution in [2.24, 2.45) is 11.7 Å². The molecule has 3 aromatic carbocycles. The molecule has 1 atom stereocenters. The van der Waals surface area contributed by atoms with E-state index < -0.39 is 0 Å². The van der Waals surface area contributed by atoms with E-state index in [4.69, 9.17) is 15.7 Å². The van der Waals surface area contributed by atoms with Crippen LogP contribution >= 0.6 is 0 Å². The molecule has 0 aliphatic carbocycles. The minimum absolute atomic E-state index is 0.0428. The highest BCUT2D eigenvalue weighted by Crippen LogP contribution is 2.33. The van der Waals surface area contributed by atoms with Crippen LogP contribution in [0.5, 0.6) is 5.75 Å². The number of hydrogen-bond acceptors (Lipinski definition) is 5. The molecule has 29 heavy (non-hydrogen) atoms. The number of benzene rings is 3. The van der Waals surface area contributed by atoms with Gasteiger partial charge in [0.05, 0.1) is 11.1 Å². The number of nitrogens with one attached hydrogen (secondary N) is 1. The van der Waals surface area contributed by atoms with E-state index >= 15 is 0 Å². The van der Waals surface area contributed by atoms with Gasteiger partial charge < -0.3 is 16.2 Å². The summed E-state index contributed by atoms with van der Waals surface area (Å²) in [5.74, 6) is 1.93. The Morgan fingerprint density at radius 3 is 2.41 bits per heavy atom. The van der Waals surface area contributed by atoms with Gasteiger partial charge in [0, 0.05) is 18.0 Å². The summed E-state index contributed by atoms with van der Waals surface area (Å²) in [6, 6.07) is 19.5. The molecule has 4 N–H and O–H groups in total. The van der Waals surface area contributed by atoms with Crippen LogP contribution in [0.3, 0.4) is 0 Å². The van der Waals surface area contributed by atoms with Crippen molar-refractivity contribution >= 4 is 27.5 Å². The molecule has 4 rings (SSSR count). The van der Waals surface area contributed by atoms with Crippen molar-refractivity contribution in [3.8, 4) is 17.1 Å². The van der Waals surface area contributed by atoms with Crippen LogP contribution < -0.4 is 11.1 Å². The molecular weight excluding hydrogens is 360 g/mol. The standard InChI is InChI=1S/C24H26N4O/c1-15(2)11-18(25)14-26-23-19-9-5-6-10-21(19)27-24(28-23)20-12-16-7-3-4-8-17(16)13-22(20)29/h3-10,12-13,15,18,29H,11,14,25H2,1-2H3,(H,26,27,28). The summed E-state index contributed by atoms with van der Waals surface area (Å²) in [5, 5.41) is 17.0. The van der Waals surface area contributed by atoms with Gasteiger partial charge >= 0.3 is 0 Å². The molecule has 0 fully saturated rings. The van der Waals surface area contributed by atoms with E-state index in [0.717, 1.165) is 33.9 Å². The maximum Gasteiger partial charge on any atom is 0.165 e. The zero-order chi connectivity index (χ0) is 20.4. The highest BCUT2D eigenvalue weighted by atomic mass is 16.3. The second-order valence-corrected chi connectivity index (χ2v) is 7.90. The number of rotatable bonds is 6. The topological polar surface area (TPSA) is 84.1 Å². The van der Waals surface area contributed by atoms with Crippen molar-refractivity contribution in [1.82, 2.24) is 9.97 Å². The van der Waals surface area contributed by atoms with Crippen molar-refractivity contribution in [3.63, 3.8) is 0 Å². The molecule has 4 aromatic rings. The van der Waals surface area contributed by atoms with E-state index in [-0.39, 0.29) is 11.8 Å². The quantitative estimate of drug-likeness (QED) is 0.437. The van der Waals surface area contributed by atoms with E-state index in [2.05, 4.69) is 19.2 Å². The van der Waals surface area contributed by atoms with Crippen molar-refractivity contribution in [2.75, 3.05) is 11.9 Å². The third-order valence-corrected chi connectivity index (χ3v) is 5.01. The maximum atomic E-state index is 10.6. The number of anilines is 1. The molecule has 148 valence electrons. The molecule has 0 spiro atoms. The number of hydrogen-bond donors (Lipinski definition) is 3. The lowest BCUT2D eigenvalue weighted by molar-refractivity contribution is 0.477. The monoisotopic (exact) mass is 386 g/mol. The van der Waals surface area contributed by atoms with Crippen molar-refractivity contribution in [3.05, 3.63) is 60.7 Å². The van der Waals surface area contributed by atoms with E-state index in [1.807, 2.05) is 54.6 Å². The van der Waals surface area contributed by atoms with Crippen LogP contribution in [0.4, 0.5) is 5.82 Å². The normalized spacial score (nSPS) is 12.6. The van der Waals surface area contributed by atoms with Crippen LogP contribution in [0.2, 0.25) is 0 Å². The minimum atomic E-state index is 0.0428. The highest BCUT2D eigenvalue weighted by molar-refractivity contribution is 5.93. The SMILES string of the molecule is CC(C)CC(N)CNc1nc(-c2cc3ccccc3cc2O)nc2ccccc12. The van der Waals surface area contributed by atoms with Crippen molar-refractivity contribution < 1.29 is 5.11 Å². The van der Waals surface area contributed by atoms with Gasteiger partial charge in [0.1, 0.15) is 11.6 Å². The third kappa shape index (κ3) is 4.15. The van der Waals surface area contributed by atoms with E-state index in [0.29, 0.717) is 23.9 Å². The van der Waals surface area contributed by atoms with Crippen molar-refractivity contribution in [1.29, 1.82) is 0 Å². The Morgan fingerprint density at radius 2 is 1.66 bits per heavy atom. The van der Waals surface area contributed by atoms with Gasteiger partial charge in [0.2, 0.25) is 0 Å². The van der Waals surface area contributed by atoms with Gasteiger partial charge in [0.25, 0.3) is 0 Å². The molecule has 1 heterocycles. The molecule has 0 amide bonds. The first kappa shape index (κ1) is 19.2. The molecule has 0 aliphatic heterocycles. The molecule has 0 radical (unpaired) electrons. The Morgan fingerprint density at radius 1 is 0.966 bits per heavy atom. The summed E-state index contributed by atoms with van der Waals surface area (Å²) in [6.45, 7) is 4.96. The van der Waals surface area contributed by atoms with Crippen LogP contribution in [0, 0.1) is 5.92 Å². The Hall–Kier alpha value is -3.18. The van der Waals surface area contributed by atoms with E-state index in [9.17, 15) is 5.11 Å². The lowest BCUT2D eigenvalue weighted by Crippen LogP contribution is -2.30. The zero-order valence-corrected chi connectivity index (χ0v) is 16.8. The van der Waals surface area contributed by atoms with Gasteiger partial charge in [0.15, 0.2) is 5.82 Å². The molecule has 1 aromatic heterocycles. The summed E-state index contributed by atoms with van der Waals surface area (Å²) in [6.07, 6.45) is 0.939. The Kier molecular flexibility index (Phi) is 5.32. The second-order valence-electron chi connectivity index (χ2n) is 7.90. The fourth-order valence-corrected chi connectivity index (χ4v) is 3.66. The lowest BCUT2D eigenvalue weighted by Gasteiger charge is -2.17. The first-order valence-electron chi connectivity index (χ1n) is 9.99. The van der Waals surface area contributed by atoms with Crippen LogP contribution in [-0.2, 0) is 0 Å². The van der Waals surface area contributed by atoms with Gasteiger partial charge in [-0.1, -0.05) is 50.2 Å². The third-order valence-electron chi connectivity index (χ3n) is 5.01. The number of phenols is 1. The zero-order valence-electron chi connectivity index (χ0n) is 16.8. The van der Waals surface area contributed by atoms with Gasteiger partial charge in [-0.25, -0.2) is 9.97 Å². The number of fused-ring (bicyclic) bond motifs is 2. The fourth-order valence-electron chi connectivity index (χ4n) is 3.66. The van der Waals surface area contributed by atoms with Crippen LogP contribution in [0.1, 0.15) is 20.3 Å². The molecule has 0 saturated heterocycles. The molecule has 0 bridgehead atoms. The number of nitrogens with two attached hydrogens (primary N) is 1. The lowest BCUT2D eigenvalue weighted by atomic mass is 10.0. The first-order valence-corrected chi connectivity index (χ1v) is 9.99. The average molecular weight is 386 g/mol. The molecule has 0 aliphatic rings. The smallest absolute Gasteiger partial charge is 0.165 e. The summed E-state index contributed by atoms with van der Waals surface area (Å²) in [4.78, 5) is 9.46. The number of nitrogens with zero attached hydrogens (tertiary/aromatic N) is 2. The molecule has 1 unspecified atom stereocenters. The summed E-state index contributed by atoms with van der Waals surface area (Å²) in [5.41, 5.74) is 7.70. The van der Waals surface area contributed by atoms with Crippen LogP contribution in [0.25, 0.3) is 33.1 Å². The van der Waals surface area contributed by atoms with Crippen LogP contribution in [0.15, 0.2) is 60.7 Å². The average Bonchev–Trinajstić information content (AvgIpc) is 2.70. The number of para-hydroxylation sites is 1. The van der Waals surface area contributed by atoms with E-state index in [1.54, 1.807) is 6.07 Å². The Labute approximate surface area is 170 Å². The summed E-state index contributed by atoms with van der Waals surface area (Å²) in [7, 11) is 0. The molecule has 5 heteroatoms. The molecule has 5 nitrogen and oxygen atoms in total. The van der Waals surface area contributed by atoms with Gasteiger partial charge in [-0.3, -0.25) is 0 Å². The number of aromatic hydroxyl groups is 1. The minimum Gasteiger partial charge on any atom is -0.507 e. The van der Waals surface area contributed by atoms with Crippen LogP contribution in [-0.4, -0.2) is 27.7 Å². The summed E-state index contributed by atoms with van der Waals surface area (Å²) >= 11 is 0. The Balaban J connectivity index is 1.77. The van der Waals surface area contributed by atoms with Gasteiger partial charge in [-0.15, -0.1) is 0 Å². The number of aromatic nitrogens is 2. The molecular formula is C24H26N4O. The Bertz CT molecular complexity index is 1160. The molecule has 0 saturated carbocycles. The summed E-state index contributed by atoms with van der Waals surface area (Å²) < 4.78 is 0. The first-order chi connectivity index (χ1) is 14.0. The second kappa shape index (κ2) is 8.05. The maximum absolute atomic E-state index is 10.6. The largest absolute Gasteiger partial charge is 0.507 e. The number of phenolic OH excluding ortho intramolecular Hbond substituents is 1. The fraction of sp³-hybridized carbons (Fsp3) is 0.250. The van der Waals surface area contributed by atoms with Gasteiger partial charge in [-0.05, 0) is 47.4 Å². The predicted octanol–water partition coefficient (Wildman–Crippen LogP) is 4.94. The highest BCUT2D eigenvalue weighted by Gasteiger charge is 2.14. The predicted molar refractivity (Wildman–Crippen MR) is 120 cm³/mol.